The molecule has 3 heterocycles. The first-order valence-corrected chi connectivity index (χ1v) is 8.71. The van der Waals surface area contributed by atoms with Crippen LogP contribution in [-0.4, -0.2) is 52.6 Å². The molecule has 116 valence electrons. The Hall–Kier alpha value is -0.910. The van der Waals surface area contributed by atoms with Crippen molar-refractivity contribution < 1.29 is 9.90 Å². The lowest BCUT2D eigenvalue weighted by Gasteiger charge is -2.38. The Morgan fingerprint density at radius 2 is 2.05 bits per heavy atom. The summed E-state index contributed by atoms with van der Waals surface area (Å²) in [7, 11) is 0. The topological polar surface area (TPSA) is 43.8 Å². The highest BCUT2D eigenvalue weighted by molar-refractivity contribution is 7.11. The van der Waals surface area contributed by atoms with E-state index in [-0.39, 0.29) is 6.04 Å². The predicted molar refractivity (Wildman–Crippen MR) is 84.7 cm³/mol. The van der Waals surface area contributed by atoms with E-state index >= 15 is 0 Å². The molecule has 1 aromatic heterocycles. The fourth-order valence-electron chi connectivity index (χ4n) is 3.69. The van der Waals surface area contributed by atoms with Gasteiger partial charge in [-0.1, -0.05) is 0 Å². The zero-order chi connectivity index (χ0) is 14.8. The number of aryl methyl sites for hydroxylation is 1. The van der Waals surface area contributed by atoms with Gasteiger partial charge in [-0.3, -0.25) is 14.6 Å². The second kappa shape index (κ2) is 6.46. The molecule has 1 unspecified atom stereocenters. The summed E-state index contributed by atoms with van der Waals surface area (Å²) >= 11 is 1.88. The van der Waals surface area contributed by atoms with Crippen molar-refractivity contribution in [3.63, 3.8) is 0 Å². The van der Waals surface area contributed by atoms with Gasteiger partial charge in [0.2, 0.25) is 0 Å². The summed E-state index contributed by atoms with van der Waals surface area (Å²) in [4.78, 5) is 18.9. The van der Waals surface area contributed by atoms with E-state index in [0.717, 1.165) is 51.9 Å². The largest absolute Gasteiger partial charge is 0.480 e. The van der Waals surface area contributed by atoms with Crippen molar-refractivity contribution in [3.05, 3.63) is 21.9 Å². The lowest BCUT2D eigenvalue weighted by atomic mass is 10.0. The van der Waals surface area contributed by atoms with Crippen LogP contribution in [0.5, 0.6) is 0 Å². The van der Waals surface area contributed by atoms with Gasteiger partial charge < -0.3 is 5.11 Å². The van der Waals surface area contributed by atoms with Crippen LogP contribution in [0.1, 0.15) is 35.4 Å². The smallest absolute Gasteiger partial charge is 0.320 e. The van der Waals surface area contributed by atoms with Gasteiger partial charge in [0.05, 0.1) is 0 Å². The molecule has 2 aliphatic rings. The highest BCUT2D eigenvalue weighted by Gasteiger charge is 2.36. The van der Waals surface area contributed by atoms with E-state index in [1.54, 1.807) is 0 Å². The monoisotopic (exact) mass is 308 g/mol. The lowest BCUT2D eigenvalue weighted by molar-refractivity contribution is -0.143. The Morgan fingerprint density at radius 3 is 2.67 bits per heavy atom. The number of carboxylic acids is 1. The Balaban J connectivity index is 1.52. The first kappa shape index (κ1) is 15.0. The standard InChI is InChI=1S/C16H24N2O2S/c1-12-4-5-14(21-12)11-17-9-6-13(7-10-17)18-8-2-3-15(18)16(19)20/h4-5,13,15H,2-3,6-11H2,1H3,(H,19,20). The Labute approximate surface area is 130 Å². The number of likely N-dealkylation sites (tertiary alicyclic amines) is 2. The molecule has 0 aliphatic carbocycles. The molecule has 0 saturated carbocycles. The van der Waals surface area contributed by atoms with E-state index in [1.165, 1.54) is 9.75 Å². The number of carbonyl (C=O) groups is 1. The van der Waals surface area contributed by atoms with Crippen LogP contribution in [0.15, 0.2) is 12.1 Å². The minimum absolute atomic E-state index is 0.235. The number of carboxylic acid groups (broad SMARTS) is 1. The van der Waals surface area contributed by atoms with Gasteiger partial charge in [-0.05, 0) is 51.3 Å². The van der Waals surface area contributed by atoms with E-state index < -0.39 is 5.97 Å². The van der Waals surface area contributed by atoms with Gasteiger partial charge in [-0.25, -0.2) is 0 Å². The molecule has 0 amide bonds. The summed E-state index contributed by atoms with van der Waals surface area (Å²) in [6, 6.07) is 4.65. The van der Waals surface area contributed by atoms with Crippen LogP contribution >= 0.6 is 11.3 Å². The third-order valence-electron chi connectivity index (χ3n) is 4.78. The van der Waals surface area contributed by atoms with Crippen molar-refractivity contribution in [3.8, 4) is 0 Å². The fourth-order valence-corrected chi connectivity index (χ4v) is 4.62. The fraction of sp³-hybridized carbons (Fsp3) is 0.688. The number of hydrogen-bond donors (Lipinski definition) is 1. The quantitative estimate of drug-likeness (QED) is 0.928. The summed E-state index contributed by atoms with van der Waals surface area (Å²) in [5.41, 5.74) is 0. The van der Waals surface area contributed by atoms with Crippen molar-refractivity contribution in [2.45, 2.75) is 51.2 Å². The van der Waals surface area contributed by atoms with Gasteiger partial charge in [0, 0.05) is 35.4 Å². The second-order valence-electron chi connectivity index (χ2n) is 6.25. The molecule has 0 bridgehead atoms. The predicted octanol–water partition coefficient (Wildman–Crippen LogP) is 2.57. The van der Waals surface area contributed by atoms with E-state index in [9.17, 15) is 9.90 Å². The molecular formula is C16H24N2O2S. The molecule has 0 radical (unpaired) electrons. The van der Waals surface area contributed by atoms with E-state index in [4.69, 9.17) is 0 Å². The van der Waals surface area contributed by atoms with Crippen molar-refractivity contribution in [2.24, 2.45) is 0 Å². The molecule has 21 heavy (non-hydrogen) atoms. The molecule has 1 atom stereocenters. The minimum atomic E-state index is -0.635. The van der Waals surface area contributed by atoms with Gasteiger partial charge in [-0.2, -0.15) is 0 Å². The minimum Gasteiger partial charge on any atom is -0.480 e. The average Bonchev–Trinajstić information content (AvgIpc) is 3.09. The van der Waals surface area contributed by atoms with Gasteiger partial charge in [0.25, 0.3) is 0 Å². The molecule has 1 aromatic rings. The molecule has 2 aliphatic heterocycles. The van der Waals surface area contributed by atoms with Gasteiger partial charge in [0.1, 0.15) is 6.04 Å². The summed E-state index contributed by atoms with van der Waals surface area (Å²) in [6.45, 7) is 6.34. The summed E-state index contributed by atoms with van der Waals surface area (Å²) in [5, 5.41) is 9.31. The number of hydrogen-bond acceptors (Lipinski definition) is 4. The Morgan fingerprint density at radius 1 is 1.29 bits per heavy atom. The molecule has 4 nitrogen and oxygen atoms in total. The van der Waals surface area contributed by atoms with Crippen molar-refractivity contribution in [1.29, 1.82) is 0 Å². The molecule has 5 heteroatoms. The maximum atomic E-state index is 11.3. The van der Waals surface area contributed by atoms with Gasteiger partial charge in [-0.15, -0.1) is 11.3 Å². The SMILES string of the molecule is Cc1ccc(CN2CCC(N3CCCC3C(=O)O)CC2)s1. The Bertz CT molecular complexity index is 494. The van der Waals surface area contributed by atoms with Crippen LogP contribution in [0.3, 0.4) is 0 Å². The molecule has 0 spiro atoms. The number of rotatable bonds is 4. The van der Waals surface area contributed by atoms with E-state index in [1.807, 2.05) is 11.3 Å². The molecule has 0 aromatic carbocycles. The maximum Gasteiger partial charge on any atom is 0.320 e. The first-order chi connectivity index (χ1) is 10.1. The molecule has 3 rings (SSSR count). The second-order valence-corrected chi connectivity index (χ2v) is 7.63. The van der Waals surface area contributed by atoms with Crippen LogP contribution in [0.25, 0.3) is 0 Å². The van der Waals surface area contributed by atoms with Crippen LogP contribution in [-0.2, 0) is 11.3 Å². The van der Waals surface area contributed by atoms with Crippen molar-refractivity contribution >= 4 is 17.3 Å². The number of nitrogens with zero attached hydrogens (tertiary/aromatic N) is 2. The highest BCUT2D eigenvalue weighted by atomic mass is 32.1. The molecule has 1 N–H and O–H groups in total. The average molecular weight is 308 g/mol. The van der Waals surface area contributed by atoms with Crippen LogP contribution in [0.4, 0.5) is 0 Å². The lowest BCUT2D eigenvalue weighted by Crippen LogP contribution is -2.48. The molecular weight excluding hydrogens is 284 g/mol. The van der Waals surface area contributed by atoms with Gasteiger partial charge >= 0.3 is 5.97 Å². The Kier molecular flexibility index (Phi) is 4.62. The maximum absolute atomic E-state index is 11.3. The zero-order valence-corrected chi connectivity index (χ0v) is 13.4. The van der Waals surface area contributed by atoms with Gasteiger partial charge in [0.15, 0.2) is 0 Å². The number of piperidine rings is 1. The summed E-state index contributed by atoms with van der Waals surface area (Å²) < 4.78 is 0. The third-order valence-corrected chi connectivity index (χ3v) is 5.77. The van der Waals surface area contributed by atoms with Crippen LogP contribution in [0, 0.1) is 6.92 Å². The molecule has 2 saturated heterocycles. The van der Waals surface area contributed by atoms with E-state index in [0.29, 0.717) is 6.04 Å². The van der Waals surface area contributed by atoms with Crippen molar-refractivity contribution in [2.75, 3.05) is 19.6 Å². The summed E-state index contributed by atoms with van der Waals surface area (Å²) in [5.74, 6) is -0.635. The molecule has 2 fully saturated rings. The highest BCUT2D eigenvalue weighted by Crippen LogP contribution is 2.27. The van der Waals surface area contributed by atoms with Crippen molar-refractivity contribution in [1.82, 2.24) is 9.80 Å². The number of aliphatic carboxylic acids is 1. The van der Waals surface area contributed by atoms with Crippen LogP contribution < -0.4 is 0 Å². The summed E-state index contributed by atoms with van der Waals surface area (Å²) in [6.07, 6.45) is 4.07. The van der Waals surface area contributed by atoms with E-state index in [2.05, 4.69) is 28.9 Å². The normalized spacial score (nSPS) is 25.5. The zero-order valence-electron chi connectivity index (χ0n) is 12.6. The van der Waals surface area contributed by atoms with Crippen LogP contribution in [0.2, 0.25) is 0 Å². The third kappa shape index (κ3) is 3.47. The number of thiophene rings is 1. The first-order valence-electron chi connectivity index (χ1n) is 7.89.